The van der Waals surface area contributed by atoms with Gasteiger partial charge in [-0.2, -0.15) is 5.26 Å². The molecule has 8 nitrogen and oxygen atoms in total. The Bertz CT molecular complexity index is 573. The summed E-state index contributed by atoms with van der Waals surface area (Å²) in [5, 5.41) is 26.5. The molecule has 1 aromatic heterocycles. The third-order valence-electron chi connectivity index (χ3n) is 3.97. The number of rotatable bonds is 6. The molecule has 1 saturated heterocycles. The normalized spacial score (nSPS) is 16.7. The maximum absolute atomic E-state index is 11.2. The topological polar surface area (TPSA) is 113 Å². The quantitative estimate of drug-likeness (QED) is 0.601. The molecule has 2 heterocycles. The van der Waals surface area contributed by atoms with E-state index in [4.69, 9.17) is 10.00 Å². The van der Waals surface area contributed by atoms with Gasteiger partial charge in [-0.1, -0.05) is 0 Å². The zero-order chi connectivity index (χ0) is 16.0. The van der Waals surface area contributed by atoms with Crippen LogP contribution in [0.15, 0.2) is 12.3 Å². The predicted molar refractivity (Wildman–Crippen MR) is 80.5 cm³/mol. The highest BCUT2D eigenvalue weighted by atomic mass is 16.6. The first-order valence-corrected chi connectivity index (χ1v) is 7.09. The van der Waals surface area contributed by atoms with Crippen LogP contribution in [0, 0.1) is 26.9 Å². The minimum atomic E-state index is -0.570. The average Bonchev–Trinajstić information content (AvgIpc) is 2.53. The Balaban J connectivity index is 2.20. The zero-order valence-corrected chi connectivity index (χ0v) is 12.5. The number of aromatic nitrogens is 1. The van der Waals surface area contributed by atoms with Crippen molar-refractivity contribution >= 4 is 11.5 Å². The number of nitrogens with zero attached hydrogens (tertiary/aromatic N) is 3. The lowest BCUT2D eigenvalue weighted by atomic mass is 9.79. The van der Waals surface area contributed by atoms with Crippen LogP contribution < -0.4 is 10.6 Å². The third-order valence-corrected chi connectivity index (χ3v) is 3.97. The highest BCUT2D eigenvalue weighted by molar-refractivity contribution is 5.64. The minimum absolute atomic E-state index is 0.00797. The lowest BCUT2D eigenvalue weighted by molar-refractivity contribution is -0.384. The van der Waals surface area contributed by atoms with Gasteiger partial charge in [0.25, 0.3) is 0 Å². The van der Waals surface area contributed by atoms with Crippen LogP contribution in [0.3, 0.4) is 0 Å². The molecule has 0 aliphatic carbocycles. The van der Waals surface area contributed by atoms with E-state index in [0.717, 1.165) is 25.9 Å². The Labute approximate surface area is 128 Å². The van der Waals surface area contributed by atoms with Crippen LogP contribution in [0.2, 0.25) is 0 Å². The first kappa shape index (κ1) is 16.1. The molecule has 1 fully saturated rings. The fraction of sp³-hybridized carbons (Fsp3) is 0.571. The van der Waals surface area contributed by atoms with Gasteiger partial charge >= 0.3 is 5.69 Å². The molecular weight excluding hydrogens is 286 g/mol. The summed E-state index contributed by atoms with van der Waals surface area (Å²) in [6.07, 6.45) is 3.23. The summed E-state index contributed by atoms with van der Waals surface area (Å²) >= 11 is 0. The van der Waals surface area contributed by atoms with E-state index in [1.54, 1.807) is 7.11 Å². The largest absolute Gasteiger partial charge is 0.384 e. The van der Waals surface area contributed by atoms with Crippen molar-refractivity contribution < 1.29 is 9.66 Å². The summed E-state index contributed by atoms with van der Waals surface area (Å²) in [5.41, 5.74) is -0.349. The Kier molecular flexibility index (Phi) is 5.25. The van der Waals surface area contributed by atoms with Gasteiger partial charge in [-0.3, -0.25) is 10.1 Å². The zero-order valence-electron chi connectivity index (χ0n) is 12.5. The summed E-state index contributed by atoms with van der Waals surface area (Å²) in [6.45, 7) is 2.87. The number of methoxy groups -OCH3 is 1. The van der Waals surface area contributed by atoms with Gasteiger partial charge in [-0.05, 0) is 32.0 Å². The van der Waals surface area contributed by atoms with E-state index in [1.807, 2.05) is 6.07 Å². The van der Waals surface area contributed by atoms with E-state index in [0.29, 0.717) is 13.2 Å². The average molecular weight is 305 g/mol. The van der Waals surface area contributed by atoms with Crippen molar-refractivity contribution in [2.24, 2.45) is 5.41 Å². The van der Waals surface area contributed by atoms with Crippen molar-refractivity contribution in [1.29, 1.82) is 5.26 Å². The molecule has 0 aromatic carbocycles. The molecule has 0 radical (unpaired) electrons. The number of pyridine rings is 1. The van der Waals surface area contributed by atoms with E-state index < -0.39 is 4.92 Å². The van der Waals surface area contributed by atoms with Crippen molar-refractivity contribution in [3.8, 4) is 6.07 Å². The van der Waals surface area contributed by atoms with E-state index >= 15 is 0 Å². The molecule has 22 heavy (non-hydrogen) atoms. The van der Waals surface area contributed by atoms with E-state index in [1.165, 1.54) is 12.3 Å². The molecule has 1 aliphatic heterocycles. The maximum atomic E-state index is 11.2. The van der Waals surface area contributed by atoms with Gasteiger partial charge in [-0.15, -0.1) is 0 Å². The molecular formula is C14H19N5O3. The van der Waals surface area contributed by atoms with Crippen LogP contribution in [-0.2, 0) is 4.74 Å². The van der Waals surface area contributed by atoms with E-state index in [2.05, 4.69) is 15.6 Å². The van der Waals surface area contributed by atoms with Crippen molar-refractivity contribution in [2.45, 2.75) is 12.8 Å². The molecule has 118 valence electrons. The Morgan fingerprint density at radius 2 is 2.32 bits per heavy atom. The molecule has 1 aliphatic rings. The van der Waals surface area contributed by atoms with Gasteiger partial charge in [0, 0.05) is 25.3 Å². The molecule has 0 spiro atoms. The summed E-state index contributed by atoms with van der Waals surface area (Å²) < 4.78 is 5.32. The van der Waals surface area contributed by atoms with Gasteiger partial charge in [0.15, 0.2) is 0 Å². The molecule has 0 amide bonds. The van der Waals surface area contributed by atoms with Gasteiger partial charge in [0.2, 0.25) is 5.82 Å². The number of anilines is 1. The van der Waals surface area contributed by atoms with Crippen LogP contribution in [0.5, 0.6) is 0 Å². The first-order chi connectivity index (χ1) is 10.6. The lowest BCUT2D eigenvalue weighted by Gasteiger charge is -2.37. The fourth-order valence-corrected chi connectivity index (χ4v) is 2.77. The molecule has 0 atom stereocenters. The van der Waals surface area contributed by atoms with Crippen LogP contribution in [0.25, 0.3) is 0 Å². The second-order valence-corrected chi connectivity index (χ2v) is 5.46. The Hall–Kier alpha value is -2.24. The monoisotopic (exact) mass is 305 g/mol. The molecule has 0 unspecified atom stereocenters. The summed E-state index contributed by atoms with van der Waals surface area (Å²) in [6, 6.07) is 3.18. The summed E-state index contributed by atoms with van der Waals surface area (Å²) in [7, 11) is 1.65. The van der Waals surface area contributed by atoms with E-state index in [-0.39, 0.29) is 22.5 Å². The fourth-order valence-electron chi connectivity index (χ4n) is 2.77. The maximum Gasteiger partial charge on any atom is 0.328 e. The number of nitrogens with one attached hydrogen (secondary N) is 2. The van der Waals surface area contributed by atoms with Crippen molar-refractivity contribution in [1.82, 2.24) is 10.3 Å². The first-order valence-electron chi connectivity index (χ1n) is 7.09. The Morgan fingerprint density at radius 3 is 2.91 bits per heavy atom. The summed E-state index contributed by atoms with van der Waals surface area (Å²) in [4.78, 5) is 14.7. The van der Waals surface area contributed by atoms with Crippen LogP contribution in [-0.4, -0.2) is 43.3 Å². The smallest absolute Gasteiger partial charge is 0.328 e. The number of hydrogen-bond donors (Lipinski definition) is 2. The molecule has 0 saturated carbocycles. The van der Waals surface area contributed by atoms with Crippen LogP contribution >= 0.6 is 0 Å². The summed E-state index contributed by atoms with van der Waals surface area (Å²) in [5.74, 6) is 0.137. The minimum Gasteiger partial charge on any atom is -0.384 e. The highest BCUT2D eigenvalue weighted by Gasteiger charge is 2.33. The Morgan fingerprint density at radius 1 is 1.59 bits per heavy atom. The lowest BCUT2D eigenvalue weighted by Crippen LogP contribution is -2.44. The predicted octanol–water partition coefficient (Wildman–Crippen LogP) is 1.29. The highest BCUT2D eigenvalue weighted by Crippen LogP contribution is 2.32. The van der Waals surface area contributed by atoms with E-state index in [9.17, 15) is 10.1 Å². The number of hydrogen-bond acceptors (Lipinski definition) is 7. The van der Waals surface area contributed by atoms with Gasteiger partial charge < -0.3 is 15.4 Å². The van der Waals surface area contributed by atoms with Gasteiger partial charge in [-0.25, -0.2) is 4.98 Å². The standard InChI is InChI=1S/C14H19N5O3/c1-22-10-14(3-6-16-7-4-14)9-18-13-12(19(20)21)11(8-15)2-5-17-13/h2,5,16H,3-4,6-7,9-10H2,1H3,(H,17,18). The van der Waals surface area contributed by atoms with Crippen molar-refractivity contribution in [3.05, 3.63) is 27.9 Å². The van der Waals surface area contributed by atoms with Crippen LogP contribution in [0.1, 0.15) is 18.4 Å². The molecule has 1 aromatic rings. The van der Waals surface area contributed by atoms with Crippen molar-refractivity contribution in [2.75, 3.05) is 38.7 Å². The number of piperidine rings is 1. The number of ether oxygens (including phenoxy) is 1. The second-order valence-electron chi connectivity index (χ2n) is 5.46. The van der Waals surface area contributed by atoms with Crippen molar-refractivity contribution in [3.63, 3.8) is 0 Å². The molecule has 2 N–H and O–H groups in total. The van der Waals surface area contributed by atoms with Crippen LogP contribution in [0.4, 0.5) is 11.5 Å². The molecule has 8 heteroatoms. The number of nitro groups is 1. The third kappa shape index (κ3) is 3.50. The SMILES string of the molecule is COCC1(CNc2nccc(C#N)c2[N+](=O)[O-])CCNCC1. The van der Waals surface area contributed by atoms with Gasteiger partial charge in [0.05, 0.1) is 11.5 Å². The second kappa shape index (κ2) is 7.15. The molecule has 2 rings (SSSR count). The number of nitriles is 1. The van der Waals surface area contributed by atoms with Gasteiger partial charge in [0.1, 0.15) is 11.6 Å². The molecule has 0 bridgehead atoms.